The van der Waals surface area contributed by atoms with Crippen LogP contribution in [0.1, 0.15) is 35.5 Å². The van der Waals surface area contributed by atoms with Crippen LogP contribution in [0.25, 0.3) is 22.0 Å². The van der Waals surface area contributed by atoms with Crippen molar-refractivity contribution in [3.8, 4) is 34.1 Å². The van der Waals surface area contributed by atoms with E-state index in [0.717, 1.165) is 29.6 Å². The third-order valence-electron chi connectivity index (χ3n) is 6.11. The van der Waals surface area contributed by atoms with E-state index in [0.29, 0.717) is 45.3 Å². The molecule has 0 amide bonds. The van der Waals surface area contributed by atoms with Crippen LogP contribution in [-0.2, 0) is 0 Å². The van der Waals surface area contributed by atoms with E-state index in [9.17, 15) is 4.79 Å². The van der Waals surface area contributed by atoms with Crippen LogP contribution in [0.5, 0.6) is 23.0 Å². The Balaban J connectivity index is 0.000000732. The molecule has 0 spiro atoms. The highest BCUT2D eigenvalue weighted by Crippen LogP contribution is 2.42. The summed E-state index contributed by atoms with van der Waals surface area (Å²) in [5.74, 6) is 2.18. The molecule has 3 aromatic carbocycles. The Morgan fingerprint density at radius 3 is 1.89 bits per heavy atom. The van der Waals surface area contributed by atoms with E-state index < -0.39 is 0 Å². The zero-order valence-corrected chi connectivity index (χ0v) is 23.2. The Morgan fingerprint density at radius 2 is 1.34 bits per heavy atom. The molecule has 7 nitrogen and oxygen atoms in total. The number of fused-ring (bicyclic) bond motifs is 1. The summed E-state index contributed by atoms with van der Waals surface area (Å²) in [6.07, 6.45) is 0. The van der Waals surface area contributed by atoms with Crippen molar-refractivity contribution in [1.82, 2.24) is 10.3 Å². The van der Waals surface area contributed by atoms with E-state index in [1.807, 2.05) is 55.5 Å². The van der Waals surface area contributed by atoms with Crippen molar-refractivity contribution in [1.29, 1.82) is 0 Å². The van der Waals surface area contributed by atoms with E-state index in [1.54, 1.807) is 40.6 Å². The van der Waals surface area contributed by atoms with Crippen molar-refractivity contribution in [3.05, 3.63) is 77.5 Å². The van der Waals surface area contributed by atoms with Gasteiger partial charge in [-0.05, 0) is 43.8 Å². The number of carbonyl (C=O) groups is 1. The molecular weight excluding hydrogens is 480 g/mol. The molecule has 0 aliphatic heterocycles. The van der Waals surface area contributed by atoms with Crippen molar-refractivity contribution in [2.75, 3.05) is 41.5 Å². The van der Waals surface area contributed by atoms with Crippen molar-refractivity contribution in [2.45, 2.75) is 20.8 Å². The van der Waals surface area contributed by atoms with Gasteiger partial charge in [0.2, 0.25) is 0 Å². The van der Waals surface area contributed by atoms with Crippen molar-refractivity contribution in [3.63, 3.8) is 0 Å². The number of aryl methyl sites for hydroxylation is 1. The third kappa shape index (κ3) is 6.06. The van der Waals surface area contributed by atoms with Crippen LogP contribution in [0.2, 0.25) is 0 Å². The number of nitrogens with zero attached hydrogens (tertiary/aromatic N) is 1. The highest BCUT2D eigenvalue weighted by molar-refractivity contribution is 6.17. The number of ether oxygens (including phenoxy) is 4. The minimum absolute atomic E-state index is 0.109. The molecule has 0 bridgehead atoms. The molecule has 0 aliphatic rings. The Labute approximate surface area is 224 Å². The monoisotopic (exact) mass is 516 g/mol. The third-order valence-corrected chi connectivity index (χ3v) is 6.11. The average molecular weight is 517 g/mol. The van der Waals surface area contributed by atoms with E-state index >= 15 is 0 Å². The van der Waals surface area contributed by atoms with Gasteiger partial charge < -0.3 is 24.3 Å². The SMILES string of the molecule is CCNCC.COc1ccc(-c2c(C(=O)c3ccccc3)c(C)nc3cc(OC)c(OC)cc23)cc1OC. The summed E-state index contributed by atoms with van der Waals surface area (Å²) in [5, 5.41) is 3.88. The van der Waals surface area contributed by atoms with Crippen LogP contribution in [0.15, 0.2) is 60.7 Å². The van der Waals surface area contributed by atoms with Crippen LogP contribution in [0.4, 0.5) is 0 Å². The van der Waals surface area contributed by atoms with Crippen molar-refractivity contribution < 1.29 is 23.7 Å². The number of benzene rings is 3. The van der Waals surface area contributed by atoms with Crippen LogP contribution in [0.3, 0.4) is 0 Å². The van der Waals surface area contributed by atoms with Crippen molar-refractivity contribution >= 4 is 16.7 Å². The Kier molecular flexibility index (Phi) is 10.1. The number of aromatic nitrogens is 1. The van der Waals surface area contributed by atoms with Gasteiger partial charge >= 0.3 is 0 Å². The van der Waals surface area contributed by atoms with E-state index in [2.05, 4.69) is 19.2 Å². The van der Waals surface area contributed by atoms with Gasteiger partial charge in [-0.1, -0.05) is 50.2 Å². The molecule has 38 heavy (non-hydrogen) atoms. The maximum atomic E-state index is 13.7. The second-order valence-corrected chi connectivity index (χ2v) is 8.39. The molecule has 4 aromatic rings. The lowest BCUT2D eigenvalue weighted by Crippen LogP contribution is -2.09. The first-order valence-corrected chi connectivity index (χ1v) is 12.5. The Hall–Kier alpha value is -4.10. The topological polar surface area (TPSA) is 78.9 Å². The fourth-order valence-corrected chi connectivity index (χ4v) is 4.27. The van der Waals surface area contributed by atoms with Crippen LogP contribution >= 0.6 is 0 Å². The summed E-state index contributed by atoms with van der Waals surface area (Å²) in [6, 6.07) is 18.5. The molecule has 0 saturated heterocycles. The second kappa shape index (κ2) is 13.4. The molecule has 0 atom stereocenters. The molecule has 0 aliphatic carbocycles. The molecule has 200 valence electrons. The van der Waals surface area contributed by atoms with Crippen molar-refractivity contribution in [2.24, 2.45) is 0 Å². The lowest BCUT2D eigenvalue weighted by molar-refractivity contribution is 0.103. The average Bonchev–Trinajstić information content (AvgIpc) is 2.96. The second-order valence-electron chi connectivity index (χ2n) is 8.39. The summed E-state index contributed by atoms with van der Waals surface area (Å²) in [5.41, 5.74) is 3.97. The highest BCUT2D eigenvalue weighted by Gasteiger charge is 2.24. The van der Waals surface area contributed by atoms with Crippen LogP contribution in [-0.4, -0.2) is 52.3 Å². The number of rotatable bonds is 9. The van der Waals surface area contributed by atoms with Gasteiger partial charge in [-0.2, -0.15) is 0 Å². The fraction of sp³-hybridized carbons (Fsp3) is 0.290. The fourth-order valence-electron chi connectivity index (χ4n) is 4.27. The molecular formula is C31H36N2O5. The lowest BCUT2D eigenvalue weighted by atomic mass is 9.89. The number of nitrogens with one attached hydrogen (secondary N) is 1. The van der Waals surface area contributed by atoms with Crippen LogP contribution < -0.4 is 24.3 Å². The Bertz CT molecular complexity index is 1380. The number of hydrogen-bond donors (Lipinski definition) is 1. The molecule has 7 heteroatoms. The Morgan fingerprint density at radius 1 is 0.763 bits per heavy atom. The molecule has 1 heterocycles. The predicted molar refractivity (Wildman–Crippen MR) is 152 cm³/mol. The van der Waals surface area contributed by atoms with Crippen LogP contribution in [0, 0.1) is 6.92 Å². The number of methoxy groups -OCH3 is 4. The van der Waals surface area contributed by atoms with E-state index in [-0.39, 0.29) is 5.78 Å². The summed E-state index contributed by atoms with van der Waals surface area (Å²) in [7, 11) is 6.34. The van der Waals surface area contributed by atoms with E-state index in [1.165, 1.54) is 0 Å². The highest BCUT2D eigenvalue weighted by atomic mass is 16.5. The molecule has 0 saturated carbocycles. The molecule has 1 aromatic heterocycles. The zero-order valence-electron chi connectivity index (χ0n) is 23.2. The first kappa shape index (κ1) is 28.5. The van der Waals surface area contributed by atoms with Gasteiger partial charge in [-0.15, -0.1) is 0 Å². The van der Waals surface area contributed by atoms with Gasteiger partial charge in [0.1, 0.15) is 0 Å². The van der Waals surface area contributed by atoms with Gasteiger partial charge in [-0.3, -0.25) is 9.78 Å². The summed E-state index contributed by atoms with van der Waals surface area (Å²) < 4.78 is 22.0. The lowest BCUT2D eigenvalue weighted by Gasteiger charge is -2.18. The predicted octanol–water partition coefficient (Wildman–Crippen LogP) is 6.09. The van der Waals surface area contributed by atoms with Gasteiger partial charge in [0.15, 0.2) is 28.8 Å². The maximum Gasteiger partial charge on any atom is 0.195 e. The minimum Gasteiger partial charge on any atom is -0.493 e. The number of ketones is 1. The van der Waals surface area contributed by atoms with Gasteiger partial charge in [0, 0.05) is 28.3 Å². The standard InChI is InChI=1S/C27H25NO5.C4H11N/c1-16-25(27(29)17-9-7-6-8-10-17)26(18-11-12-21(30-2)22(13-18)31-3)19-14-23(32-4)24(33-5)15-20(19)28-16;1-3-5-4-2/h6-15H,1-5H3;5H,3-4H2,1-2H3. The van der Waals surface area contributed by atoms with E-state index in [4.69, 9.17) is 23.9 Å². The first-order chi connectivity index (χ1) is 18.4. The molecule has 1 N–H and O–H groups in total. The number of hydrogen-bond acceptors (Lipinski definition) is 7. The minimum atomic E-state index is -0.109. The molecule has 0 radical (unpaired) electrons. The van der Waals surface area contributed by atoms with Gasteiger partial charge in [0.25, 0.3) is 0 Å². The normalized spacial score (nSPS) is 10.4. The summed E-state index contributed by atoms with van der Waals surface area (Å²) in [6.45, 7) is 8.23. The smallest absolute Gasteiger partial charge is 0.195 e. The first-order valence-electron chi connectivity index (χ1n) is 12.5. The van der Waals surface area contributed by atoms with Gasteiger partial charge in [-0.25, -0.2) is 0 Å². The quantitative estimate of drug-likeness (QED) is 0.270. The summed E-state index contributed by atoms with van der Waals surface area (Å²) >= 11 is 0. The number of carbonyl (C=O) groups excluding carboxylic acids is 1. The summed E-state index contributed by atoms with van der Waals surface area (Å²) in [4.78, 5) is 18.5. The maximum absolute atomic E-state index is 13.7. The zero-order chi connectivity index (χ0) is 27.7. The molecule has 4 rings (SSSR count). The number of pyridine rings is 1. The molecule has 0 fully saturated rings. The van der Waals surface area contributed by atoms with Gasteiger partial charge in [0.05, 0.1) is 39.5 Å². The largest absolute Gasteiger partial charge is 0.493 e. The molecule has 0 unspecified atom stereocenters.